The summed E-state index contributed by atoms with van der Waals surface area (Å²) >= 11 is 3.38. The van der Waals surface area contributed by atoms with Crippen molar-refractivity contribution in [1.29, 1.82) is 0 Å². The van der Waals surface area contributed by atoms with Gasteiger partial charge in [0.05, 0.1) is 5.69 Å². The number of nitrogens with zero attached hydrogens (tertiary/aromatic N) is 2. The Bertz CT molecular complexity index is 517. The molecule has 0 N–H and O–H groups in total. The second-order valence-electron chi connectivity index (χ2n) is 3.73. The molecule has 2 rings (SSSR count). The van der Waals surface area contributed by atoms with Crippen molar-refractivity contribution in [3.63, 3.8) is 0 Å². The number of hydrogen-bond acceptors (Lipinski definition) is 2. The molecule has 2 aromatic heterocycles. The second-order valence-corrected chi connectivity index (χ2v) is 4.64. The summed E-state index contributed by atoms with van der Waals surface area (Å²) in [5, 5.41) is 0. The number of hydrogen-bond donors (Lipinski definition) is 0. The highest BCUT2D eigenvalue weighted by Crippen LogP contribution is 2.22. The Morgan fingerprint density at radius 3 is 2.87 bits per heavy atom. The summed E-state index contributed by atoms with van der Waals surface area (Å²) in [5.41, 5.74) is 2.30. The first-order chi connectivity index (χ1) is 7.13. The van der Waals surface area contributed by atoms with Crippen LogP contribution in [0.2, 0.25) is 0 Å². The lowest BCUT2D eigenvalue weighted by Crippen LogP contribution is -1.98. The third-order valence-corrected chi connectivity index (χ3v) is 2.81. The van der Waals surface area contributed by atoms with Gasteiger partial charge < -0.3 is 4.40 Å². The maximum Gasteiger partial charge on any atom is 0.170 e. The molecule has 0 aliphatic carbocycles. The Morgan fingerprint density at radius 2 is 2.27 bits per heavy atom. The molecule has 2 aromatic rings. The average molecular weight is 267 g/mol. The van der Waals surface area contributed by atoms with E-state index in [4.69, 9.17) is 0 Å². The van der Waals surface area contributed by atoms with Crippen molar-refractivity contribution >= 4 is 27.9 Å². The predicted molar refractivity (Wildman–Crippen MR) is 62.4 cm³/mol. The van der Waals surface area contributed by atoms with E-state index in [9.17, 15) is 4.79 Å². The van der Waals surface area contributed by atoms with E-state index >= 15 is 0 Å². The maximum atomic E-state index is 10.9. The molecule has 0 bridgehead atoms. The van der Waals surface area contributed by atoms with Crippen molar-refractivity contribution in [2.24, 2.45) is 0 Å². The van der Waals surface area contributed by atoms with Crippen LogP contribution in [0.5, 0.6) is 0 Å². The smallest absolute Gasteiger partial charge is 0.170 e. The highest BCUT2D eigenvalue weighted by atomic mass is 79.9. The molecule has 78 valence electrons. The normalized spacial score (nSPS) is 11.2. The number of halogens is 1. The third-order valence-electron chi connectivity index (χ3n) is 2.31. The minimum absolute atomic E-state index is 0.279. The highest BCUT2D eigenvalue weighted by molar-refractivity contribution is 9.10. The lowest BCUT2D eigenvalue weighted by Gasteiger charge is -2.05. The Morgan fingerprint density at radius 1 is 1.53 bits per heavy atom. The van der Waals surface area contributed by atoms with Crippen molar-refractivity contribution in [3.05, 3.63) is 34.2 Å². The maximum absolute atomic E-state index is 10.9. The molecule has 0 aromatic carbocycles. The summed E-state index contributed by atoms with van der Waals surface area (Å²) in [4.78, 5) is 15.2. The topological polar surface area (TPSA) is 34.4 Å². The number of carbonyl (C=O) groups excluding carboxylic acids is 1. The van der Waals surface area contributed by atoms with Crippen LogP contribution in [0.4, 0.5) is 0 Å². The van der Waals surface area contributed by atoms with Crippen molar-refractivity contribution in [2.45, 2.75) is 19.8 Å². The predicted octanol–water partition coefficient (Wildman–Crippen LogP) is 3.03. The van der Waals surface area contributed by atoms with E-state index in [-0.39, 0.29) is 5.92 Å². The van der Waals surface area contributed by atoms with E-state index in [1.54, 1.807) is 0 Å². The summed E-state index contributed by atoms with van der Waals surface area (Å²) in [5.74, 6) is 0.279. The van der Waals surface area contributed by atoms with Gasteiger partial charge in [0.15, 0.2) is 6.29 Å². The van der Waals surface area contributed by atoms with Gasteiger partial charge in [0.1, 0.15) is 11.3 Å². The fourth-order valence-electron chi connectivity index (χ4n) is 1.72. The SMILES string of the molecule is CC(C)c1c(C=O)nc2cc(Br)ccn12. The molecule has 3 nitrogen and oxygen atoms in total. The van der Waals surface area contributed by atoms with Gasteiger partial charge in [-0.15, -0.1) is 0 Å². The molecule has 0 spiro atoms. The van der Waals surface area contributed by atoms with Gasteiger partial charge in [-0.25, -0.2) is 4.98 Å². The van der Waals surface area contributed by atoms with Gasteiger partial charge in [-0.1, -0.05) is 29.8 Å². The van der Waals surface area contributed by atoms with Crippen LogP contribution in [0, 0.1) is 0 Å². The van der Waals surface area contributed by atoms with Crippen LogP contribution in [0.25, 0.3) is 5.65 Å². The summed E-state index contributed by atoms with van der Waals surface area (Å²) in [6.07, 6.45) is 2.74. The molecule has 0 aliphatic heterocycles. The lowest BCUT2D eigenvalue weighted by molar-refractivity contribution is 0.111. The largest absolute Gasteiger partial charge is 0.303 e. The number of imidazole rings is 1. The Labute approximate surface area is 96.3 Å². The van der Waals surface area contributed by atoms with Gasteiger partial charge in [0.25, 0.3) is 0 Å². The number of aldehydes is 1. The molecule has 0 radical (unpaired) electrons. The van der Waals surface area contributed by atoms with Crippen LogP contribution < -0.4 is 0 Å². The van der Waals surface area contributed by atoms with Crippen molar-refractivity contribution in [3.8, 4) is 0 Å². The molecule has 0 fully saturated rings. The monoisotopic (exact) mass is 266 g/mol. The fraction of sp³-hybridized carbons (Fsp3) is 0.273. The first-order valence-electron chi connectivity index (χ1n) is 4.76. The van der Waals surface area contributed by atoms with Gasteiger partial charge in [0, 0.05) is 10.7 Å². The first kappa shape index (κ1) is 10.4. The van der Waals surface area contributed by atoms with E-state index in [0.29, 0.717) is 5.69 Å². The van der Waals surface area contributed by atoms with Crippen molar-refractivity contribution in [2.75, 3.05) is 0 Å². The van der Waals surface area contributed by atoms with Crippen LogP contribution in [0.3, 0.4) is 0 Å². The molecule has 0 saturated heterocycles. The van der Waals surface area contributed by atoms with Crippen LogP contribution >= 0.6 is 15.9 Å². The van der Waals surface area contributed by atoms with E-state index in [1.165, 1.54) is 0 Å². The molecule has 2 heterocycles. The standard InChI is InChI=1S/C11H11BrN2O/c1-7(2)11-9(6-15)13-10-5-8(12)3-4-14(10)11/h3-7H,1-2H3. The Kier molecular flexibility index (Phi) is 2.61. The molecule has 0 unspecified atom stereocenters. The summed E-state index contributed by atoms with van der Waals surface area (Å²) < 4.78 is 2.92. The molecule has 0 amide bonds. The number of fused-ring (bicyclic) bond motifs is 1. The highest BCUT2D eigenvalue weighted by Gasteiger charge is 2.14. The van der Waals surface area contributed by atoms with Crippen LogP contribution in [0.15, 0.2) is 22.8 Å². The molecule has 0 aliphatic rings. The van der Waals surface area contributed by atoms with Gasteiger partial charge in [0.2, 0.25) is 0 Å². The fourth-order valence-corrected chi connectivity index (χ4v) is 2.04. The lowest BCUT2D eigenvalue weighted by atomic mass is 10.1. The van der Waals surface area contributed by atoms with Gasteiger partial charge in [-0.05, 0) is 18.1 Å². The van der Waals surface area contributed by atoms with E-state index in [1.807, 2.05) is 22.7 Å². The van der Waals surface area contributed by atoms with Gasteiger partial charge >= 0.3 is 0 Å². The Hall–Kier alpha value is -1.16. The minimum atomic E-state index is 0.279. The van der Waals surface area contributed by atoms with Crippen molar-refractivity contribution < 1.29 is 4.79 Å². The number of pyridine rings is 1. The first-order valence-corrected chi connectivity index (χ1v) is 5.55. The molecule has 0 saturated carbocycles. The Balaban J connectivity index is 2.80. The number of aromatic nitrogens is 2. The quantitative estimate of drug-likeness (QED) is 0.784. The summed E-state index contributed by atoms with van der Waals surface area (Å²) in [6, 6.07) is 3.84. The zero-order chi connectivity index (χ0) is 11.0. The molecule has 15 heavy (non-hydrogen) atoms. The summed E-state index contributed by atoms with van der Waals surface area (Å²) in [6.45, 7) is 4.11. The van der Waals surface area contributed by atoms with Gasteiger partial charge in [-0.3, -0.25) is 4.79 Å². The molecular formula is C11H11BrN2O. The zero-order valence-electron chi connectivity index (χ0n) is 8.57. The molecule has 0 atom stereocenters. The van der Waals surface area contributed by atoms with E-state index in [2.05, 4.69) is 34.8 Å². The number of carbonyl (C=O) groups is 1. The second kappa shape index (κ2) is 3.77. The number of rotatable bonds is 2. The van der Waals surface area contributed by atoms with E-state index in [0.717, 1.165) is 22.1 Å². The van der Waals surface area contributed by atoms with Crippen LogP contribution in [-0.4, -0.2) is 15.7 Å². The average Bonchev–Trinajstić information content (AvgIpc) is 2.54. The minimum Gasteiger partial charge on any atom is -0.303 e. The molecule has 4 heteroatoms. The van der Waals surface area contributed by atoms with Crippen LogP contribution in [0.1, 0.15) is 35.9 Å². The van der Waals surface area contributed by atoms with Gasteiger partial charge in [-0.2, -0.15) is 0 Å². The zero-order valence-corrected chi connectivity index (χ0v) is 10.2. The summed E-state index contributed by atoms with van der Waals surface area (Å²) in [7, 11) is 0. The van der Waals surface area contributed by atoms with Crippen LogP contribution in [-0.2, 0) is 0 Å². The third kappa shape index (κ3) is 1.69. The van der Waals surface area contributed by atoms with E-state index < -0.39 is 0 Å². The van der Waals surface area contributed by atoms with Crippen molar-refractivity contribution in [1.82, 2.24) is 9.38 Å². The molecular weight excluding hydrogens is 256 g/mol.